The number of nitrogens with zero attached hydrogens (tertiary/aromatic N) is 2. The van der Waals surface area contributed by atoms with Gasteiger partial charge in [-0.1, -0.05) is 0 Å². The second-order valence-electron chi connectivity index (χ2n) is 5.51. The maximum atomic E-state index is 12.1. The van der Waals surface area contributed by atoms with E-state index >= 15 is 0 Å². The van der Waals surface area contributed by atoms with Gasteiger partial charge in [-0.25, -0.2) is 4.79 Å². The van der Waals surface area contributed by atoms with Crippen LogP contribution in [0.1, 0.15) is 31.9 Å². The van der Waals surface area contributed by atoms with Gasteiger partial charge in [-0.05, 0) is 51.5 Å². The highest BCUT2D eigenvalue weighted by molar-refractivity contribution is 5.92. The lowest BCUT2D eigenvalue weighted by Gasteiger charge is -2.19. The molecule has 0 aliphatic rings. The maximum absolute atomic E-state index is 12.1. The fourth-order valence-corrected chi connectivity index (χ4v) is 1.93. The summed E-state index contributed by atoms with van der Waals surface area (Å²) in [5.74, 6) is 0. The standard InChI is InChI=1S/C15H16N2O2/c1-10-9-17(14(18)19-15(2,3)4)13-6-5-11(8-16)7-12(10)13/h5-7,9H,1-4H3. The van der Waals surface area contributed by atoms with Crippen LogP contribution in [0, 0.1) is 18.3 Å². The number of fused-ring (bicyclic) bond motifs is 1. The maximum Gasteiger partial charge on any atom is 0.418 e. The fraction of sp³-hybridized carbons (Fsp3) is 0.333. The second kappa shape index (κ2) is 4.43. The lowest BCUT2D eigenvalue weighted by atomic mass is 10.1. The second-order valence-corrected chi connectivity index (χ2v) is 5.51. The van der Waals surface area contributed by atoms with E-state index in [0.29, 0.717) is 5.56 Å². The summed E-state index contributed by atoms with van der Waals surface area (Å²) in [5, 5.41) is 9.80. The van der Waals surface area contributed by atoms with E-state index in [2.05, 4.69) is 6.07 Å². The first kappa shape index (κ1) is 13.2. The largest absolute Gasteiger partial charge is 0.443 e. The minimum absolute atomic E-state index is 0.407. The van der Waals surface area contributed by atoms with Crippen LogP contribution in [0.4, 0.5) is 4.79 Å². The molecule has 19 heavy (non-hydrogen) atoms. The van der Waals surface area contributed by atoms with E-state index in [0.717, 1.165) is 16.5 Å². The van der Waals surface area contributed by atoms with Gasteiger partial charge in [-0.3, -0.25) is 4.57 Å². The Labute approximate surface area is 112 Å². The summed E-state index contributed by atoms with van der Waals surface area (Å²) in [6.45, 7) is 7.40. The molecule has 0 aliphatic heterocycles. The molecule has 0 N–H and O–H groups in total. The summed E-state index contributed by atoms with van der Waals surface area (Å²) in [7, 11) is 0. The Hall–Kier alpha value is -2.28. The van der Waals surface area contributed by atoms with Crippen LogP contribution < -0.4 is 0 Å². The van der Waals surface area contributed by atoms with Crippen LogP contribution in [0.15, 0.2) is 24.4 Å². The first-order valence-corrected chi connectivity index (χ1v) is 6.07. The Kier molecular flexibility index (Phi) is 3.07. The van der Waals surface area contributed by atoms with Crippen LogP contribution >= 0.6 is 0 Å². The number of carbonyl (C=O) groups is 1. The molecule has 1 aromatic carbocycles. The van der Waals surface area contributed by atoms with E-state index < -0.39 is 11.7 Å². The Morgan fingerprint density at radius 1 is 1.37 bits per heavy atom. The summed E-state index contributed by atoms with van der Waals surface area (Å²) in [4.78, 5) is 12.1. The third-order valence-electron chi connectivity index (χ3n) is 2.72. The van der Waals surface area contributed by atoms with Crippen LogP contribution in [0.3, 0.4) is 0 Å². The van der Waals surface area contributed by atoms with Crippen molar-refractivity contribution in [2.24, 2.45) is 0 Å². The topological polar surface area (TPSA) is 55.0 Å². The average molecular weight is 256 g/mol. The van der Waals surface area contributed by atoms with E-state index in [4.69, 9.17) is 10.00 Å². The van der Waals surface area contributed by atoms with Gasteiger partial charge in [-0.2, -0.15) is 5.26 Å². The number of hydrogen-bond acceptors (Lipinski definition) is 3. The minimum atomic E-state index is -0.534. The molecule has 0 atom stereocenters. The zero-order valence-corrected chi connectivity index (χ0v) is 11.5. The molecular formula is C15H16N2O2. The first-order chi connectivity index (χ1) is 8.81. The predicted octanol–water partition coefficient (Wildman–Crippen LogP) is 3.60. The molecule has 2 aromatic rings. The molecule has 0 amide bonds. The molecule has 98 valence electrons. The zero-order chi connectivity index (χ0) is 14.2. The normalized spacial score (nSPS) is 11.3. The van der Waals surface area contributed by atoms with Crippen molar-refractivity contribution in [3.8, 4) is 6.07 Å². The summed E-state index contributed by atoms with van der Waals surface area (Å²) in [6.07, 6.45) is 1.33. The Bertz CT molecular complexity index is 684. The number of aromatic nitrogens is 1. The van der Waals surface area contributed by atoms with Crippen LogP contribution in [0.25, 0.3) is 10.9 Å². The molecular weight excluding hydrogens is 240 g/mol. The smallest absolute Gasteiger partial charge is 0.418 e. The summed E-state index contributed by atoms with van der Waals surface area (Å²) in [5.41, 5.74) is 1.75. The van der Waals surface area contributed by atoms with Crippen molar-refractivity contribution in [1.29, 1.82) is 5.26 Å². The highest BCUT2D eigenvalue weighted by Crippen LogP contribution is 2.23. The molecule has 0 unspecified atom stereocenters. The minimum Gasteiger partial charge on any atom is -0.443 e. The number of nitriles is 1. The number of ether oxygens (including phenoxy) is 1. The van der Waals surface area contributed by atoms with Crippen LogP contribution in [0.2, 0.25) is 0 Å². The average Bonchev–Trinajstić information content (AvgIpc) is 2.64. The van der Waals surface area contributed by atoms with Crippen molar-refractivity contribution >= 4 is 17.0 Å². The van der Waals surface area contributed by atoms with E-state index in [1.54, 1.807) is 24.4 Å². The summed E-state index contributed by atoms with van der Waals surface area (Å²) in [6, 6.07) is 7.35. The van der Waals surface area contributed by atoms with Gasteiger partial charge in [-0.15, -0.1) is 0 Å². The van der Waals surface area contributed by atoms with E-state index in [9.17, 15) is 4.79 Å². The molecule has 0 spiro atoms. The number of hydrogen-bond donors (Lipinski definition) is 0. The molecule has 2 rings (SSSR count). The van der Waals surface area contributed by atoms with Gasteiger partial charge >= 0.3 is 6.09 Å². The van der Waals surface area contributed by atoms with Crippen molar-refractivity contribution in [3.63, 3.8) is 0 Å². The number of benzene rings is 1. The third kappa shape index (κ3) is 2.60. The monoisotopic (exact) mass is 256 g/mol. The molecule has 1 aromatic heterocycles. The van der Waals surface area contributed by atoms with E-state index in [1.165, 1.54) is 4.57 Å². The van der Waals surface area contributed by atoms with Gasteiger partial charge in [0.15, 0.2) is 0 Å². The Morgan fingerprint density at radius 3 is 2.63 bits per heavy atom. The number of rotatable bonds is 0. The van der Waals surface area contributed by atoms with Crippen LogP contribution in [-0.4, -0.2) is 16.3 Å². The molecule has 4 nitrogen and oxygen atoms in total. The molecule has 1 heterocycles. The number of carbonyl (C=O) groups excluding carboxylic acids is 1. The molecule has 0 saturated heterocycles. The quantitative estimate of drug-likeness (QED) is 0.723. The Morgan fingerprint density at radius 2 is 2.05 bits per heavy atom. The van der Waals surface area contributed by atoms with Crippen LogP contribution in [-0.2, 0) is 4.74 Å². The summed E-state index contributed by atoms with van der Waals surface area (Å²) >= 11 is 0. The molecule has 0 fully saturated rings. The molecule has 4 heteroatoms. The molecule has 0 radical (unpaired) electrons. The first-order valence-electron chi connectivity index (χ1n) is 6.07. The van der Waals surface area contributed by atoms with Gasteiger partial charge < -0.3 is 4.74 Å². The van der Waals surface area contributed by atoms with Crippen molar-refractivity contribution in [2.75, 3.05) is 0 Å². The van der Waals surface area contributed by atoms with E-state index in [1.807, 2.05) is 27.7 Å². The number of aryl methyl sites for hydroxylation is 1. The SMILES string of the molecule is Cc1cn(C(=O)OC(C)(C)C)c2ccc(C#N)cc12. The van der Waals surface area contributed by atoms with Crippen molar-refractivity contribution in [3.05, 3.63) is 35.5 Å². The third-order valence-corrected chi connectivity index (χ3v) is 2.72. The van der Waals surface area contributed by atoms with Gasteiger partial charge in [0, 0.05) is 11.6 Å². The lowest BCUT2D eigenvalue weighted by molar-refractivity contribution is 0.0544. The van der Waals surface area contributed by atoms with Crippen molar-refractivity contribution in [2.45, 2.75) is 33.3 Å². The fourth-order valence-electron chi connectivity index (χ4n) is 1.93. The lowest BCUT2D eigenvalue weighted by Crippen LogP contribution is -2.26. The molecule has 0 bridgehead atoms. The molecule has 0 saturated carbocycles. The van der Waals surface area contributed by atoms with Gasteiger partial charge in [0.05, 0.1) is 17.1 Å². The Balaban J connectivity index is 2.52. The van der Waals surface area contributed by atoms with Gasteiger partial charge in [0.2, 0.25) is 0 Å². The van der Waals surface area contributed by atoms with Crippen molar-refractivity contribution in [1.82, 2.24) is 4.57 Å². The van der Waals surface area contributed by atoms with Gasteiger partial charge in [0.1, 0.15) is 5.60 Å². The van der Waals surface area contributed by atoms with Crippen molar-refractivity contribution < 1.29 is 9.53 Å². The zero-order valence-electron chi connectivity index (χ0n) is 11.5. The van der Waals surface area contributed by atoms with Gasteiger partial charge in [0.25, 0.3) is 0 Å². The highest BCUT2D eigenvalue weighted by atomic mass is 16.6. The highest BCUT2D eigenvalue weighted by Gasteiger charge is 2.19. The summed E-state index contributed by atoms with van der Waals surface area (Å²) < 4.78 is 6.84. The van der Waals surface area contributed by atoms with Crippen LogP contribution in [0.5, 0.6) is 0 Å². The molecule has 0 aliphatic carbocycles. The predicted molar refractivity (Wildman–Crippen MR) is 73.0 cm³/mol. The van der Waals surface area contributed by atoms with E-state index in [-0.39, 0.29) is 0 Å².